The molecule has 1 aromatic heterocycles. The summed E-state index contributed by atoms with van der Waals surface area (Å²) in [5.74, 6) is -0.169. The molecule has 20 heavy (non-hydrogen) atoms. The summed E-state index contributed by atoms with van der Waals surface area (Å²) in [5, 5.41) is 18.2. The molecule has 1 atom stereocenters. The van der Waals surface area contributed by atoms with Gasteiger partial charge in [0.2, 0.25) is 0 Å². The molecule has 0 fully saturated rings. The van der Waals surface area contributed by atoms with E-state index in [1.54, 1.807) is 6.20 Å². The van der Waals surface area contributed by atoms with Crippen LogP contribution in [0.3, 0.4) is 0 Å². The Labute approximate surface area is 119 Å². The third-order valence-corrected chi connectivity index (χ3v) is 3.31. The highest BCUT2D eigenvalue weighted by Gasteiger charge is 2.11. The maximum absolute atomic E-state index is 9.27. The van der Waals surface area contributed by atoms with E-state index in [4.69, 9.17) is 5.11 Å². The summed E-state index contributed by atoms with van der Waals surface area (Å²) in [6.45, 7) is 0.165. The van der Waals surface area contributed by atoms with Gasteiger partial charge in [-0.25, -0.2) is 0 Å². The van der Waals surface area contributed by atoms with Crippen LogP contribution in [-0.2, 0) is 12.8 Å². The molecule has 2 aromatic rings. The summed E-state index contributed by atoms with van der Waals surface area (Å²) in [6.07, 6.45) is 4.00. The minimum absolute atomic E-state index is 0.165. The first-order valence-corrected chi connectivity index (χ1v) is 6.82. The van der Waals surface area contributed by atoms with Gasteiger partial charge in [0.25, 0.3) is 0 Å². The predicted molar refractivity (Wildman–Crippen MR) is 78.1 cm³/mol. The number of hydrogen-bond acceptors (Lipinski definition) is 3. The van der Waals surface area contributed by atoms with Crippen molar-refractivity contribution in [1.29, 1.82) is 5.26 Å². The van der Waals surface area contributed by atoms with Gasteiger partial charge in [0.1, 0.15) is 0 Å². The summed E-state index contributed by atoms with van der Waals surface area (Å²) < 4.78 is 0. The van der Waals surface area contributed by atoms with Gasteiger partial charge in [-0.05, 0) is 42.5 Å². The van der Waals surface area contributed by atoms with Crippen LogP contribution in [0.4, 0.5) is 0 Å². The van der Waals surface area contributed by atoms with Crippen molar-refractivity contribution in [3.05, 3.63) is 65.5 Å². The fourth-order valence-corrected chi connectivity index (χ4v) is 2.24. The van der Waals surface area contributed by atoms with E-state index in [9.17, 15) is 5.26 Å². The Bertz CT molecular complexity index is 575. The lowest BCUT2D eigenvalue weighted by Gasteiger charge is -2.09. The van der Waals surface area contributed by atoms with Crippen LogP contribution in [0.15, 0.2) is 48.7 Å². The molecule has 0 bridgehead atoms. The second kappa shape index (κ2) is 7.42. The van der Waals surface area contributed by atoms with Crippen LogP contribution in [-0.4, -0.2) is 16.7 Å². The highest BCUT2D eigenvalue weighted by Crippen LogP contribution is 2.19. The molecule has 1 aromatic carbocycles. The Hall–Kier alpha value is -2.18. The Balaban J connectivity index is 2.00. The average Bonchev–Trinajstić information content (AvgIpc) is 2.50. The number of aliphatic hydroxyl groups is 1. The van der Waals surface area contributed by atoms with E-state index in [0.29, 0.717) is 6.42 Å². The molecule has 3 heteroatoms. The van der Waals surface area contributed by atoms with Gasteiger partial charge < -0.3 is 5.11 Å². The molecule has 2 rings (SSSR count). The minimum Gasteiger partial charge on any atom is -0.396 e. The second-order valence-corrected chi connectivity index (χ2v) is 4.77. The summed E-state index contributed by atoms with van der Waals surface area (Å²) >= 11 is 0. The van der Waals surface area contributed by atoms with Crippen molar-refractivity contribution in [2.45, 2.75) is 25.2 Å². The largest absolute Gasteiger partial charge is 0.396 e. The summed E-state index contributed by atoms with van der Waals surface area (Å²) in [6, 6.07) is 16.2. The van der Waals surface area contributed by atoms with Gasteiger partial charge in [-0.3, -0.25) is 4.98 Å². The predicted octanol–water partition coefficient (Wildman–Crippen LogP) is 2.86. The normalized spacial score (nSPS) is 11.8. The summed E-state index contributed by atoms with van der Waals surface area (Å²) in [7, 11) is 0. The zero-order valence-corrected chi connectivity index (χ0v) is 11.4. The van der Waals surface area contributed by atoms with Gasteiger partial charge in [0, 0.05) is 12.8 Å². The smallest absolute Gasteiger partial charge is 0.0887 e. The number of benzene rings is 1. The number of hydrogen-bond donors (Lipinski definition) is 1. The van der Waals surface area contributed by atoms with Gasteiger partial charge in [-0.1, -0.05) is 30.3 Å². The first-order chi connectivity index (χ1) is 9.83. The number of aryl methyl sites for hydroxylation is 1. The summed E-state index contributed by atoms with van der Waals surface area (Å²) in [4.78, 5) is 4.25. The van der Waals surface area contributed by atoms with Gasteiger partial charge in [-0.15, -0.1) is 0 Å². The van der Waals surface area contributed by atoms with Gasteiger partial charge in [-0.2, -0.15) is 5.26 Å². The Morgan fingerprint density at radius 2 is 1.90 bits per heavy atom. The molecular formula is C17H18N2O. The fourth-order valence-electron chi connectivity index (χ4n) is 2.24. The number of aromatic nitrogens is 1. The maximum atomic E-state index is 9.27. The molecule has 1 heterocycles. The highest BCUT2D eigenvalue weighted by atomic mass is 16.2. The Morgan fingerprint density at radius 1 is 1.10 bits per heavy atom. The second-order valence-electron chi connectivity index (χ2n) is 4.77. The first-order valence-electron chi connectivity index (χ1n) is 6.82. The third kappa shape index (κ3) is 3.91. The van der Waals surface area contributed by atoms with Crippen molar-refractivity contribution in [2.24, 2.45) is 0 Å². The molecule has 1 N–H and O–H groups in total. The molecule has 3 nitrogen and oxygen atoms in total. The van der Waals surface area contributed by atoms with Crippen LogP contribution in [0.25, 0.3) is 0 Å². The first kappa shape index (κ1) is 14.2. The van der Waals surface area contributed by atoms with E-state index >= 15 is 0 Å². The molecular weight excluding hydrogens is 248 g/mol. The molecule has 0 spiro atoms. The topological polar surface area (TPSA) is 56.9 Å². The van der Waals surface area contributed by atoms with E-state index in [2.05, 4.69) is 23.2 Å². The molecule has 0 saturated carbocycles. The van der Waals surface area contributed by atoms with Crippen LogP contribution in [0.5, 0.6) is 0 Å². The van der Waals surface area contributed by atoms with Crippen LogP contribution >= 0.6 is 0 Å². The van der Waals surface area contributed by atoms with Crippen molar-refractivity contribution in [3.63, 3.8) is 0 Å². The zero-order valence-electron chi connectivity index (χ0n) is 11.4. The quantitative estimate of drug-likeness (QED) is 0.874. The maximum Gasteiger partial charge on any atom is 0.0887 e. The molecule has 0 radical (unpaired) electrons. The SMILES string of the molecule is N#CC(CCc1cccc(CCO)c1)c1ccccn1. The number of aliphatic hydroxyl groups excluding tert-OH is 1. The minimum atomic E-state index is -0.169. The lowest BCUT2D eigenvalue weighted by molar-refractivity contribution is 0.299. The van der Waals surface area contributed by atoms with E-state index in [1.165, 1.54) is 5.56 Å². The molecule has 102 valence electrons. The van der Waals surface area contributed by atoms with Crippen molar-refractivity contribution in [1.82, 2.24) is 4.98 Å². The molecule has 0 aliphatic carbocycles. The fraction of sp³-hybridized carbons (Fsp3) is 0.294. The number of nitriles is 1. The van der Waals surface area contributed by atoms with Gasteiger partial charge in [0.05, 0.1) is 17.7 Å². The Morgan fingerprint density at radius 3 is 2.55 bits per heavy atom. The van der Waals surface area contributed by atoms with E-state index in [0.717, 1.165) is 24.1 Å². The van der Waals surface area contributed by atoms with Crippen LogP contribution in [0, 0.1) is 11.3 Å². The molecule has 0 saturated heterocycles. The van der Waals surface area contributed by atoms with Gasteiger partial charge in [0.15, 0.2) is 0 Å². The van der Waals surface area contributed by atoms with Crippen LogP contribution in [0.2, 0.25) is 0 Å². The Kier molecular flexibility index (Phi) is 5.28. The monoisotopic (exact) mass is 266 g/mol. The van der Waals surface area contributed by atoms with E-state index in [1.807, 2.05) is 30.3 Å². The summed E-state index contributed by atoms with van der Waals surface area (Å²) in [5.41, 5.74) is 3.17. The molecule has 0 aliphatic rings. The van der Waals surface area contributed by atoms with Crippen molar-refractivity contribution in [3.8, 4) is 6.07 Å². The number of nitrogens with zero attached hydrogens (tertiary/aromatic N) is 2. The van der Waals surface area contributed by atoms with E-state index < -0.39 is 0 Å². The number of pyridine rings is 1. The van der Waals surface area contributed by atoms with Crippen molar-refractivity contribution < 1.29 is 5.11 Å². The van der Waals surface area contributed by atoms with E-state index in [-0.39, 0.29) is 12.5 Å². The highest BCUT2D eigenvalue weighted by molar-refractivity contribution is 5.25. The molecule has 0 amide bonds. The van der Waals surface area contributed by atoms with Gasteiger partial charge >= 0.3 is 0 Å². The molecule has 1 unspecified atom stereocenters. The zero-order chi connectivity index (χ0) is 14.2. The van der Waals surface area contributed by atoms with Crippen LogP contribution < -0.4 is 0 Å². The van der Waals surface area contributed by atoms with Crippen LogP contribution in [0.1, 0.15) is 29.2 Å². The standard InChI is InChI=1S/C17H18N2O/c18-13-16(17-6-1-2-10-19-17)8-7-14-4-3-5-15(12-14)9-11-20/h1-6,10,12,16,20H,7-9,11H2. The third-order valence-electron chi connectivity index (χ3n) is 3.31. The molecule has 0 aliphatic heterocycles. The van der Waals surface area contributed by atoms with Crippen molar-refractivity contribution in [2.75, 3.05) is 6.61 Å². The van der Waals surface area contributed by atoms with Crippen molar-refractivity contribution >= 4 is 0 Å². The average molecular weight is 266 g/mol. The lowest BCUT2D eigenvalue weighted by atomic mass is 9.96. The lowest BCUT2D eigenvalue weighted by Crippen LogP contribution is -2.01. The number of rotatable bonds is 6.